The van der Waals surface area contributed by atoms with E-state index < -0.39 is 6.89 Å². The lowest BCUT2D eigenvalue weighted by atomic mass is 10.0. The van der Waals surface area contributed by atoms with E-state index in [0.717, 1.165) is 16.8 Å². The first-order valence-electron chi connectivity index (χ1n) is 13.0. The zero-order valence-electron chi connectivity index (χ0n) is 21.9. The van der Waals surface area contributed by atoms with Crippen molar-refractivity contribution in [3.8, 4) is 0 Å². The van der Waals surface area contributed by atoms with Gasteiger partial charge < -0.3 is 5.43 Å². The van der Waals surface area contributed by atoms with E-state index in [1.807, 2.05) is 12.1 Å². The van der Waals surface area contributed by atoms with Crippen molar-refractivity contribution in [2.75, 3.05) is 0 Å². The van der Waals surface area contributed by atoms with Crippen LogP contribution in [0.1, 0.15) is 25.0 Å². The van der Waals surface area contributed by atoms with Crippen molar-refractivity contribution >= 4 is 33.8 Å². The van der Waals surface area contributed by atoms with Crippen molar-refractivity contribution in [3.63, 3.8) is 0 Å². The summed E-state index contributed by atoms with van der Waals surface area (Å²) < 4.78 is 0. The largest absolute Gasteiger partial charge is 0.303 e. The van der Waals surface area contributed by atoms with E-state index in [4.69, 9.17) is 5.10 Å². The molecule has 1 atom stereocenters. The highest BCUT2D eigenvalue weighted by Crippen LogP contribution is 2.46. The Labute approximate surface area is 226 Å². The molecule has 0 bridgehead atoms. The van der Waals surface area contributed by atoms with E-state index in [0.29, 0.717) is 0 Å². The van der Waals surface area contributed by atoms with E-state index in [1.54, 1.807) is 0 Å². The minimum atomic E-state index is -2.12. The van der Waals surface area contributed by atoms with Gasteiger partial charge in [-0.05, 0) is 41.9 Å². The van der Waals surface area contributed by atoms with E-state index in [1.165, 1.54) is 21.2 Å². The van der Waals surface area contributed by atoms with Crippen LogP contribution in [0.3, 0.4) is 0 Å². The summed E-state index contributed by atoms with van der Waals surface area (Å²) in [6.07, 6.45) is 0. The lowest BCUT2D eigenvalue weighted by Crippen LogP contribution is -2.38. The van der Waals surface area contributed by atoms with Crippen LogP contribution < -0.4 is 21.3 Å². The Hall–Kier alpha value is -4.13. The van der Waals surface area contributed by atoms with Crippen molar-refractivity contribution in [1.29, 1.82) is 0 Å². The Balaban J connectivity index is 1.70. The summed E-state index contributed by atoms with van der Waals surface area (Å²) in [5.41, 5.74) is 6.69. The van der Waals surface area contributed by atoms with Gasteiger partial charge in [-0.25, -0.2) is 0 Å². The van der Waals surface area contributed by atoms with E-state index in [9.17, 15) is 0 Å². The number of benzene rings is 5. The SMILES string of the molecule is CC(C(C)NN=C(c1ccccc1)c1ccccc1)=P(c1ccccc1)(c1ccccc1)c1ccccc1. The van der Waals surface area contributed by atoms with Crippen LogP contribution in [0.2, 0.25) is 0 Å². The van der Waals surface area contributed by atoms with E-state index in [-0.39, 0.29) is 6.04 Å². The number of hydrogen-bond acceptors (Lipinski definition) is 2. The molecule has 0 radical (unpaired) electrons. The van der Waals surface area contributed by atoms with Gasteiger partial charge in [0, 0.05) is 11.1 Å². The van der Waals surface area contributed by atoms with E-state index in [2.05, 4.69) is 159 Å². The second-order valence-corrected chi connectivity index (χ2v) is 13.0. The Morgan fingerprint density at radius 3 is 1.18 bits per heavy atom. The second kappa shape index (κ2) is 11.9. The van der Waals surface area contributed by atoms with Crippen molar-refractivity contribution in [3.05, 3.63) is 163 Å². The van der Waals surface area contributed by atoms with Crippen LogP contribution in [0.4, 0.5) is 0 Å². The third-order valence-electron chi connectivity index (χ3n) is 7.05. The number of rotatable bonds is 8. The Kier molecular flexibility index (Phi) is 8.02. The molecule has 0 aliphatic carbocycles. The molecule has 0 heterocycles. The zero-order valence-corrected chi connectivity index (χ0v) is 22.8. The highest BCUT2D eigenvalue weighted by atomic mass is 31.2. The van der Waals surface area contributed by atoms with Gasteiger partial charge >= 0.3 is 0 Å². The molecule has 0 aliphatic rings. The number of nitrogens with zero attached hydrogens (tertiary/aromatic N) is 1. The van der Waals surface area contributed by atoms with Crippen LogP contribution >= 0.6 is 6.89 Å². The summed E-state index contributed by atoms with van der Waals surface area (Å²) in [5.74, 6) is 0. The highest BCUT2D eigenvalue weighted by Gasteiger charge is 2.29. The summed E-state index contributed by atoms with van der Waals surface area (Å²) in [6.45, 7) is 2.42. The van der Waals surface area contributed by atoms with Gasteiger partial charge in [0.05, 0.1) is 11.8 Å². The van der Waals surface area contributed by atoms with E-state index >= 15 is 0 Å². The first kappa shape index (κ1) is 25.5. The van der Waals surface area contributed by atoms with Gasteiger partial charge in [0.15, 0.2) is 0 Å². The molecule has 0 fully saturated rings. The summed E-state index contributed by atoms with van der Waals surface area (Å²) in [4.78, 5) is 0. The fourth-order valence-electron chi connectivity index (χ4n) is 5.05. The first-order valence-corrected chi connectivity index (χ1v) is 14.8. The van der Waals surface area contributed by atoms with Gasteiger partial charge in [-0.2, -0.15) is 5.10 Å². The van der Waals surface area contributed by atoms with Crippen LogP contribution in [0.25, 0.3) is 0 Å². The van der Waals surface area contributed by atoms with Gasteiger partial charge in [0.25, 0.3) is 0 Å². The monoisotopic (exact) mass is 512 g/mol. The molecular formula is C35H33N2P. The molecule has 0 aromatic heterocycles. The molecular weight excluding hydrogens is 479 g/mol. The van der Waals surface area contributed by atoms with Crippen LogP contribution in [0, 0.1) is 0 Å². The number of hydrogen-bond donors (Lipinski definition) is 1. The van der Waals surface area contributed by atoms with Crippen LogP contribution in [-0.2, 0) is 0 Å². The summed E-state index contributed by atoms with van der Waals surface area (Å²) >= 11 is 0. The molecule has 38 heavy (non-hydrogen) atoms. The Morgan fingerprint density at radius 1 is 0.526 bits per heavy atom. The van der Waals surface area contributed by atoms with Gasteiger partial charge in [-0.15, -0.1) is 0 Å². The van der Waals surface area contributed by atoms with Crippen LogP contribution in [0.15, 0.2) is 157 Å². The molecule has 0 spiro atoms. The highest BCUT2D eigenvalue weighted by molar-refractivity contribution is 7.95. The van der Waals surface area contributed by atoms with Gasteiger partial charge in [0.2, 0.25) is 0 Å². The molecule has 3 heteroatoms. The molecule has 5 aromatic rings. The minimum absolute atomic E-state index is 0.0198. The molecule has 5 rings (SSSR count). The smallest absolute Gasteiger partial charge is 0.0973 e. The predicted octanol–water partition coefficient (Wildman–Crippen LogP) is 6.60. The minimum Gasteiger partial charge on any atom is -0.303 e. The average molecular weight is 513 g/mol. The van der Waals surface area contributed by atoms with Crippen LogP contribution in [-0.4, -0.2) is 17.0 Å². The maximum Gasteiger partial charge on any atom is 0.0973 e. The third-order valence-corrected chi connectivity index (χ3v) is 11.7. The third kappa shape index (κ3) is 5.14. The normalized spacial score (nSPS) is 11.8. The molecule has 0 amide bonds. The van der Waals surface area contributed by atoms with Crippen molar-refractivity contribution in [2.24, 2.45) is 5.10 Å². The van der Waals surface area contributed by atoms with Gasteiger partial charge in [0.1, 0.15) is 0 Å². The maximum atomic E-state index is 5.04. The second-order valence-electron chi connectivity index (χ2n) is 9.36. The standard InChI is InChI=1S/C35H33N2P/c1-28(36-37-35(30-18-8-3-9-19-30)31-20-10-4-11-21-31)29(2)38(32-22-12-5-13-23-32,33-24-14-6-15-25-33)34-26-16-7-17-27-34/h3-28,36H,1-2H3. The Bertz CT molecular complexity index is 1380. The topological polar surface area (TPSA) is 24.4 Å². The summed E-state index contributed by atoms with van der Waals surface area (Å²) in [5, 5.41) is 10.5. The lowest BCUT2D eigenvalue weighted by Gasteiger charge is -2.34. The average Bonchev–Trinajstić information content (AvgIpc) is 3.00. The fourth-order valence-corrected chi connectivity index (χ4v) is 9.66. The molecule has 1 N–H and O–H groups in total. The molecule has 5 aromatic carbocycles. The summed E-state index contributed by atoms with van der Waals surface area (Å²) in [7, 11) is 0. The van der Waals surface area contributed by atoms with Crippen molar-refractivity contribution in [2.45, 2.75) is 19.9 Å². The number of nitrogens with one attached hydrogen (secondary N) is 1. The molecule has 2 nitrogen and oxygen atoms in total. The number of hydrazone groups is 1. The zero-order chi connectivity index (χ0) is 26.2. The van der Waals surface area contributed by atoms with Crippen molar-refractivity contribution < 1.29 is 0 Å². The molecule has 0 saturated heterocycles. The molecule has 0 saturated carbocycles. The lowest BCUT2D eigenvalue weighted by molar-refractivity contribution is 0.705. The summed E-state index contributed by atoms with van der Waals surface area (Å²) in [6, 6.07) is 53.7. The molecule has 188 valence electrons. The maximum absolute atomic E-state index is 5.04. The molecule has 0 aliphatic heterocycles. The predicted molar refractivity (Wildman–Crippen MR) is 167 cm³/mol. The fraction of sp³-hybridized carbons (Fsp3) is 0.0857. The van der Waals surface area contributed by atoms with Crippen LogP contribution in [0.5, 0.6) is 0 Å². The van der Waals surface area contributed by atoms with Gasteiger partial charge in [-0.3, -0.25) is 0 Å². The van der Waals surface area contributed by atoms with Gasteiger partial charge in [-0.1, -0.05) is 152 Å². The molecule has 1 unspecified atom stereocenters. The quantitative estimate of drug-likeness (QED) is 0.141. The van der Waals surface area contributed by atoms with Crippen molar-refractivity contribution in [1.82, 2.24) is 5.43 Å². The first-order chi connectivity index (χ1) is 18.7. The Morgan fingerprint density at radius 2 is 0.842 bits per heavy atom.